The minimum Gasteiger partial charge on any atom is -0.497 e. The number of rotatable bonds is 7. The zero-order valence-corrected chi connectivity index (χ0v) is 15.4. The summed E-state index contributed by atoms with van der Waals surface area (Å²) in [5, 5.41) is 11.3. The van der Waals surface area contributed by atoms with Crippen LogP contribution in [0.15, 0.2) is 58.2 Å². The van der Waals surface area contributed by atoms with Gasteiger partial charge in [-0.05, 0) is 36.2 Å². The van der Waals surface area contributed by atoms with E-state index in [1.165, 1.54) is 11.8 Å². The molecule has 0 aliphatic rings. The highest BCUT2D eigenvalue weighted by molar-refractivity contribution is 7.99. The molecule has 1 amide bonds. The Balaban J connectivity index is 1.49. The number of methoxy groups -OCH3 is 1. The number of nitrogens with zero attached hydrogens (tertiary/aromatic N) is 2. The third-order valence-corrected chi connectivity index (χ3v) is 4.58. The van der Waals surface area contributed by atoms with Crippen LogP contribution in [0.25, 0.3) is 11.5 Å². The molecular formula is C19H19N3O3S. The molecule has 0 fully saturated rings. The van der Waals surface area contributed by atoms with Gasteiger partial charge in [-0.2, -0.15) is 0 Å². The average Bonchev–Trinajstić information content (AvgIpc) is 3.14. The fourth-order valence-electron chi connectivity index (χ4n) is 2.31. The van der Waals surface area contributed by atoms with Crippen molar-refractivity contribution in [1.29, 1.82) is 0 Å². The Hall–Kier alpha value is -2.80. The molecule has 0 saturated heterocycles. The summed E-state index contributed by atoms with van der Waals surface area (Å²) in [6.07, 6.45) is 0. The second-order valence-electron chi connectivity index (χ2n) is 5.60. The van der Waals surface area contributed by atoms with Crippen LogP contribution in [0.1, 0.15) is 11.1 Å². The lowest BCUT2D eigenvalue weighted by Gasteiger charge is -2.05. The molecule has 0 aliphatic heterocycles. The topological polar surface area (TPSA) is 77.2 Å². The van der Waals surface area contributed by atoms with E-state index in [1.54, 1.807) is 7.11 Å². The number of carbonyl (C=O) groups excluding carboxylic acids is 1. The molecule has 0 aliphatic carbocycles. The van der Waals surface area contributed by atoms with Crippen molar-refractivity contribution in [3.8, 4) is 17.2 Å². The fourth-order valence-corrected chi connectivity index (χ4v) is 2.91. The lowest BCUT2D eigenvalue weighted by molar-refractivity contribution is -0.118. The maximum absolute atomic E-state index is 12.0. The van der Waals surface area contributed by atoms with Crippen molar-refractivity contribution < 1.29 is 13.9 Å². The minimum absolute atomic E-state index is 0.0959. The molecule has 1 heterocycles. The molecule has 134 valence electrons. The number of hydrogen-bond donors (Lipinski definition) is 1. The van der Waals surface area contributed by atoms with Crippen LogP contribution in [0.2, 0.25) is 0 Å². The van der Waals surface area contributed by atoms with Crippen molar-refractivity contribution in [2.75, 3.05) is 12.9 Å². The Morgan fingerprint density at radius 3 is 2.65 bits per heavy atom. The molecule has 0 spiro atoms. The van der Waals surface area contributed by atoms with Crippen molar-refractivity contribution in [2.45, 2.75) is 18.7 Å². The maximum Gasteiger partial charge on any atom is 0.277 e. The van der Waals surface area contributed by atoms with Gasteiger partial charge in [0.1, 0.15) is 5.75 Å². The summed E-state index contributed by atoms with van der Waals surface area (Å²) in [6.45, 7) is 2.45. The normalized spacial score (nSPS) is 10.5. The molecule has 1 aromatic heterocycles. The number of aromatic nitrogens is 2. The predicted octanol–water partition coefficient (Wildman–Crippen LogP) is 3.46. The minimum atomic E-state index is -0.0959. The van der Waals surface area contributed by atoms with Crippen LogP contribution < -0.4 is 10.1 Å². The quantitative estimate of drug-likeness (QED) is 0.643. The van der Waals surface area contributed by atoms with E-state index < -0.39 is 0 Å². The van der Waals surface area contributed by atoms with Crippen molar-refractivity contribution in [1.82, 2.24) is 15.5 Å². The SMILES string of the molecule is COc1ccc(CNC(=O)CSc2nnc(-c3ccccc3C)o2)cc1. The molecule has 6 nitrogen and oxygen atoms in total. The van der Waals surface area contributed by atoms with Gasteiger partial charge in [0.25, 0.3) is 5.22 Å². The highest BCUT2D eigenvalue weighted by Gasteiger charge is 2.12. The molecule has 3 aromatic rings. The summed E-state index contributed by atoms with van der Waals surface area (Å²) in [5.74, 6) is 1.37. The molecule has 0 atom stereocenters. The zero-order chi connectivity index (χ0) is 18.4. The Bertz CT molecular complexity index is 878. The van der Waals surface area contributed by atoms with Gasteiger partial charge in [-0.1, -0.05) is 42.1 Å². The van der Waals surface area contributed by atoms with Crippen LogP contribution in [0.3, 0.4) is 0 Å². The first-order chi connectivity index (χ1) is 12.7. The van der Waals surface area contributed by atoms with E-state index in [0.29, 0.717) is 17.7 Å². The van der Waals surface area contributed by atoms with E-state index in [2.05, 4.69) is 15.5 Å². The summed E-state index contributed by atoms with van der Waals surface area (Å²) < 4.78 is 10.7. The molecule has 26 heavy (non-hydrogen) atoms. The molecule has 3 rings (SSSR count). The first-order valence-corrected chi connectivity index (χ1v) is 9.06. The first-order valence-electron chi connectivity index (χ1n) is 8.07. The monoisotopic (exact) mass is 369 g/mol. The van der Waals surface area contributed by atoms with Gasteiger partial charge in [0, 0.05) is 12.1 Å². The Kier molecular flexibility index (Phi) is 5.91. The number of ether oxygens (including phenoxy) is 1. The number of nitrogens with one attached hydrogen (secondary N) is 1. The Morgan fingerprint density at radius 1 is 1.15 bits per heavy atom. The number of hydrogen-bond acceptors (Lipinski definition) is 6. The van der Waals surface area contributed by atoms with Crippen molar-refractivity contribution in [3.63, 3.8) is 0 Å². The Morgan fingerprint density at radius 2 is 1.92 bits per heavy atom. The molecule has 2 aromatic carbocycles. The molecular weight excluding hydrogens is 350 g/mol. The number of amides is 1. The zero-order valence-electron chi connectivity index (χ0n) is 14.6. The standard InChI is InChI=1S/C19H19N3O3S/c1-13-5-3-4-6-16(13)18-21-22-19(25-18)26-12-17(23)20-11-14-7-9-15(24-2)10-8-14/h3-10H,11-12H2,1-2H3,(H,20,23). The lowest BCUT2D eigenvalue weighted by atomic mass is 10.1. The molecule has 0 unspecified atom stereocenters. The van der Waals surface area contributed by atoms with Gasteiger partial charge < -0.3 is 14.5 Å². The van der Waals surface area contributed by atoms with E-state index in [0.717, 1.165) is 22.4 Å². The highest BCUT2D eigenvalue weighted by atomic mass is 32.2. The van der Waals surface area contributed by atoms with Crippen LogP contribution in [-0.2, 0) is 11.3 Å². The van der Waals surface area contributed by atoms with E-state index >= 15 is 0 Å². The summed E-state index contributed by atoms with van der Waals surface area (Å²) in [7, 11) is 1.62. The Labute approximate surface area is 156 Å². The van der Waals surface area contributed by atoms with Crippen LogP contribution in [0, 0.1) is 6.92 Å². The fraction of sp³-hybridized carbons (Fsp3) is 0.211. The van der Waals surface area contributed by atoms with Crippen molar-refractivity contribution in [3.05, 3.63) is 59.7 Å². The largest absolute Gasteiger partial charge is 0.497 e. The van der Waals surface area contributed by atoms with Gasteiger partial charge in [0.15, 0.2) is 0 Å². The van der Waals surface area contributed by atoms with E-state index in [-0.39, 0.29) is 11.7 Å². The third kappa shape index (κ3) is 4.64. The number of benzene rings is 2. The summed E-state index contributed by atoms with van der Waals surface area (Å²) >= 11 is 1.22. The second-order valence-corrected chi connectivity index (χ2v) is 6.53. The number of aryl methyl sites for hydroxylation is 1. The van der Waals surface area contributed by atoms with Crippen LogP contribution in [0.4, 0.5) is 0 Å². The molecule has 0 bridgehead atoms. The predicted molar refractivity (Wildman–Crippen MR) is 100 cm³/mol. The average molecular weight is 369 g/mol. The molecule has 0 saturated carbocycles. The van der Waals surface area contributed by atoms with Gasteiger partial charge in [-0.25, -0.2) is 0 Å². The van der Waals surface area contributed by atoms with Crippen LogP contribution >= 0.6 is 11.8 Å². The van der Waals surface area contributed by atoms with Gasteiger partial charge in [-0.3, -0.25) is 4.79 Å². The maximum atomic E-state index is 12.0. The van der Waals surface area contributed by atoms with Crippen molar-refractivity contribution in [2.24, 2.45) is 0 Å². The molecule has 1 N–H and O–H groups in total. The number of carbonyl (C=O) groups is 1. The second kappa shape index (κ2) is 8.53. The van der Waals surface area contributed by atoms with Crippen LogP contribution in [0.5, 0.6) is 5.75 Å². The highest BCUT2D eigenvalue weighted by Crippen LogP contribution is 2.25. The van der Waals surface area contributed by atoms with Gasteiger partial charge in [0.2, 0.25) is 11.8 Å². The van der Waals surface area contributed by atoms with E-state index in [9.17, 15) is 4.79 Å². The van der Waals surface area contributed by atoms with E-state index in [1.807, 2.05) is 55.5 Å². The van der Waals surface area contributed by atoms with Crippen molar-refractivity contribution >= 4 is 17.7 Å². The molecule has 7 heteroatoms. The summed E-state index contributed by atoms with van der Waals surface area (Å²) in [4.78, 5) is 12.0. The smallest absolute Gasteiger partial charge is 0.277 e. The first kappa shape index (κ1) is 18.0. The van der Waals surface area contributed by atoms with Gasteiger partial charge in [-0.15, -0.1) is 10.2 Å². The number of thioether (sulfide) groups is 1. The summed E-state index contributed by atoms with van der Waals surface area (Å²) in [5.41, 5.74) is 2.96. The third-order valence-electron chi connectivity index (χ3n) is 3.76. The van der Waals surface area contributed by atoms with Gasteiger partial charge in [0.05, 0.1) is 12.9 Å². The summed E-state index contributed by atoms with van der Waals surface area (Å²) in [6, 6.07) is 15.4. The van der Waals surface area contributed by atoms with Crippen LogP contribution in [-0.4, -0.2) is 29.0 Å². The van der Waals surface area contributed by atoms with Gasteiger partial charge >= 0.3 is 0 Å². The molecule has 0 radical (unpaired) electrons. The van der Waals surface area contributed by atoms with E-state index in [4.69, 9.17) is 9.15 Å². The lowest BCUT2D eigenvalue weighted by Crippen LogP contribution is -2.24.